The summed E-state index contributed by atoms with van der Waals surface area (Å²) in [6, 6.07) is 12.4. The second kappa shape index (κ2) is 10.9. The average molecular weight is 591 g/mol. The van der Waals surface area contributed by atoms with E-state index in [4.69, 9.17) is 4.98 Å². The van der Waals surface area contributed by atoms with Crippen molar-refractivity contribution in [3.63, 3.8) is 0 Å². The van der Waals surface area contributed by atoms with E-state index >= 15 is 0 Å². The number of sulfonamides is 1. The lowest BCUT2D eigenvalue weighted by Crippen LogP contribution is -2.49. The topological polar surface area (TPSA) is 53.5 Å². The van der Waals surface area contributed by atoms with E-state index in [0.717, 1.165) is 32.0 Å². The Labute approximate surface area is 228 Å². The summed E-state index contributed by atoms with van der Waals surface area (Å²) in [6.07, 6.45) is 0. The van der Waals surface area contributed by atoms with E-state index in [0.29, 0.717) is 37.0 Å². The van der Waals surface area contributed by atoms with Crippen LogP contribution in [-0.4, -0.2) is 43.9 Å². The molecule has 1 saturated heterocycles. The fourth-order valence-corrected chi connectivity index (χ4v) is 8.00. The molecule has 2 aromatic carbocycles. The zero-order chi connectivity index (χ0) is 26.2. The molecule has 1 aromatic heterocycles. The standard InChI is InChI=1S/C28H36BrN3O2S2/c1-18(2)22-15-24(19(3)4)27(25(16-22)20(5)6)36(33,34)32-12-10-31(11-13-32)28-30-26(17-35-28)21-8-7-9-23(29)14-21/h7-9,14-20H,10-13H2,1-6H3. The SMILES string of the molecule is CC(C)c1cc(C(C)C)c(S(=O)(=O)N2CCN(c3nc(-c4cccc(Br)c4)cs3)CC2)c(C(C)C)c1. The molecule has 3 aromatic rings. The minimum Gasteiger partial charge on any atom is -0.345 e. The van der Waals surface area contributed by atoms with Gasteiger partial charge in [-0.25, -0.2) is 13.4 Å². The number of hydrogen-bond acceptors (Lipinski definition) is 5. The van der Waals surface area contributed by atoms with Crippen molar-refractivity contribution in [3.8, 4) is 11.3 Å². The summed E-state index contributed by atoms with van der Waals surface area (Å²) in [6.45, 7) is 14.8. The lowest BCUT2D eigenvalue weighted by atomic mass is 9.89. The lowest BCUT2D eigenvalue weighted by Gasteiger charge is -2.35. The van der Waals surface area contributed by atoms with Gasteiger partial charge in [-0.15, -0.1) is 11.3 Å². The molecule has 8 heteroatoms. The second-order valence-corrected chi connectivity index (χ2v) is 14.0. The maximum Gasteiger partial charge on any atom is 0.243 e. The van der Waals surface area contributed by atoms with Crippen molar-refractivity contribution >= 4 is 42.4 Å². The van der Waals surface area contributed by atoms with E-state index in [9.17, 15) is 8.42 Å². The number of rotatable bonds is 7. The van der Waals surface area contributed by atoms with Gasteiger partial charge in [0.15, 0.2) is 5.13 Å². The lowest BCUT2D eigenvalue weighted by molar-refractivity contribution is 0.383. The van der Waals surface area contributed by atoms with Gasteiger partial charge in [-0.05, 0) is 46.6 Å². The highest BCUT2D eigenvalue weighted by molar-refractivity contribution is 9.10. The first-order valence-corrected chi connectivity index (χ1v) is 15.7. The summed E-state index contributed by atoms with van der Waals surface area (Å²) in [5.74, 6) is 0.596. The molecule has 0 unspecified atom stereocenters. The number of nitrogens with zero attached hydrogens (tertiary/aromatic N) is 3. The highest BCUT2D eigenvalue weighted by Crippen LogP contribution is 2.37. The predicted octanol–water partition coefficient (Wildman–Crippen LogP) is 7.45. The molecule has 0 saturated carbocycles. The largest absolute Gasteiger partial charge is 0.345 e. The fourth-order valence-electron chi connectivity index (χ4n) is 4.63. The number of anilines is 1. The van der Waals surface area contributed by atoms with Gasteiger partial charge in [0.25, 0.3) is 0 Å². The van der Waals surface area contributed by atoms with E-state index in [2.05, 4.69) is 92.0 Å². The zero-order valence-electron chi connectivity index (χ0n) is 22.0. The van der Waals surface area contributed by atoms with Crippen LogP contribution < -0.4 is 4.90 Å². The molecule has 2 heterocycles. The van der Waals surface area contributed by atoms with Gasteiger partial charge in [-0.1, -0.05) is 81.7 Å². The number of halogens is 1. The average Bonchev–Trinajstić information content (AvgIpc) is 3.33. The number of aromatic nitrogens is 1. The van der Waals surface area contributed by atoms with Crippen LogP contribution in [0, 0.1) is 0 Å². The normalized spacial score (nSPS) is 15.4. The van der Waals surface area contributed by atoms with E-state index in [-0.39, 0.29) is 11.8 Å². The maximum atomic E-state index is 14.1. The van der Waals surface area contributed by atoms with Crippen molar-refractivity contribution in [2.24, 2.45) is 0 Å². The van der Waals surface area contributed by atoms with E-state index in [1.165, 1.54) is 5.56 Å². The van der Waals surface area contributed by atoms with Crippen LogP contribution in [0.2, 0.25) is 0 Å². The van der Waals surface area contributed by atoms with E-state index in [1.54, 1.807) is 15.6 Å². The molecule has 1 fully saturated rings. The molecule has 194 valence electrons. The molecule has 5 nitrogen and oxygen atoms in total. The van der Waals surface area contributed by atoms with E-state index < -0.39 is 10.0 Å². The van der Waals surface area contributed by atoms with Gasteiger partial charge in [-0.2, -0.15) is 4.31 Å². The van der Waals surface area contributed by atoms with Crippen molar-refractivity contribution in [1.29, 1.82) is 0 Å². The van der Waals surface area contributed by atoms with Gasteiger partial charge in [0.05, 0.1) is 10.6 Å². The van der Waals surface area contributed by atoms with Crippen LogP contribution in [0.1, 0.15) is 76.0 Å². The summed E-state index contributed by atoms with van der Waals surface area (Å²) in [7, 11) is -3.62. The van der Waals surface area contributed by atoms with Crippen molar-refractivity contribution in [1.82, 2.24) is 9.29 Å². The molecule has 0 spiro atoms. The van der Waals surface area contributed by atoms with Crippen molar-refractivity contribution in [2.75, 3.05) is 31.1 Å². The molecule has 0 radical (unpaired) electrons. The quantitative estimate of drug-likeness (QED) is 0.287. The highest BCUT2D eigenvalue weighted by Gasteiger charge is 2.34. The van der Waals surface area contributed by atoms with Gasteiger partial charge in [0.1, 0.15) is 0 Å². The Bertz CT molecular complexity index is 1300. The summed E-state index contributed by atoms with van der Waals surface area (Å²) < 4.78 is 30.8. The Morgan fingerprint density at radius 1 is 0.889 bits per heavy atom. The van der Waals surface area contributed by atoms with Gasteiger partial charge in [0, 0.05) is 41.6 Å². The minimum absolute atomic E-state index is 0.124. The third kappa shape index (κ3) is 5.57. The molecule has 0 N–H and O–H groups in total. The monoisotopic (exact) mass is 589 g/mol. The predicted molar refractivity (Wildman–Crippen MR) is 155 cm³/mol. The Balaban J connectivity index is 1.59. The Kier molecular flexibility index (Phi) is 8.29. The molecule has 36 heavy (non-hydrogen) atoms. The summed E-state index contributed by atoms with van der Waals surface area (Å²) >= 11 is 5.14. The van der Waals surface area contributed by atoms with Crippen LogP contribution in [0.25, 0.3) is 11.3 Å². The van der Waals surface area contributed by atoms with Gasteiger partial charge in [0.2, 0.25) is 10.0 Å². The minimum atomic E-state index is -3.62. The van der Waals surface area contributed by atoms with Crippen molar-refractivity contribution in [2.45, 2.75) is 64.2 Å². The van der Waals surface area contributed by atoms with Crippen LogP contribution in [0.4, 0.5) is 5.13 Å². The second-order valence-electron chi connectivity index (χ2n) is 10.4. The third-order valence-electron chi connectivity index (χ3n) is 6.80. The first kappa shape index (κ1) is 27.3. The summed E-state index contributed by atoms with van der Waals surface area (Å²) in [4.78, 5) is 7.57. The van der Waals surface area contributed by atoms with Crippen molar-refractivity contribution in [3.05, 3.63) is 62.9 Å². The van der Waals surface area contributed by atoms with Crippen LogP contribution in [0.3, 0.4) is 0 Å². The Morgan fingerprint density at radius 2 is 1.50 bits per heavy atom. The first-order valence-electron chi connectivity index (χ1n) is 12.6. The van der Waals surface area contributed by atoms with Crippen LogP contribution in [-0.2, 0) is 10.0 Å². The number of thiazole rings is 1. The molecule has 1 aliphatic rings. The van der Waals surface area contributed by atoms with Crippen LogP contribution >= 0.6 is 27.3 Å². The van der Waals surface area contributed by atoms with Gasteiger partial charge < -0.3 is 4.90 Å². The molecule has 0 bridgehead atoms. The Morgan fingerprint density at radius 3 is 2.03 bits per heavy atom. The number of hydrogen-bond donors (Lipinski definition) is 0. The maximum absolute atomic E-state index is 14.1. The molecule has 0 aliphatic carbocycles. The Hall–Kier alpha value is -1.74. The van der Waals surface area contributed by atoms with Crippen molar-refractivity contribution < 1.29 is 8.42 Å². The molecule has 4 rings (SSSR count). The highest BCUT2D eigenvalue weighted by atomic mass is 79.9. The molecular formula is C28H36BrN3O2S2. The number of piperazine rings is 1. The molecule has 0 atom stereocenters. The smallest absolute Gasteiger partial charge is 0.243 e. The van der Waals surface area contributed by atoms with E-state index in [1.807, 2.05) is 12.1 Å². The third-order valence-corrected chi connectivity index (χ3v) is 10.2. The molecule has 1 aliphatic heterocycles. The first-order chi connectivity index (χ1) is 17.0. The number of benzene rings is 2. The van der Waals surface area contributed by atoms with Crippen LogP contribution in [0.5, 0.6) is 0 Å². The van der Waals surface area contributed by atoms with Gasteiger partial charge in [-0.3, -0.25) is 0 Å². The summed E-state index contributed by atoms with van der Waals surface area (Å²) in [5, 5.41) is 3.01. The van der Waals surface area contributed by atoms with Gasteiger partial charge >= 0.3 is 0 Å². The summed E-state index contributed by atoms with van der Waals surface area (Å²) in [5.41, 5.74) is 5.09. The van der Waals surface area contributed by atoms with Crippen LogP contribution in [0.15, 0.2) is 51.1 Å². The molecule has 0 amide bonds. The zero-order valence-corrected chi connectivity index (χ0v) is 25.2. The molecular weight excluding hydrogens is 554 g/mol. The fraction of sp³-hybridized carbons (Fsp3) is 0.464.